The fraction of sp³-hybridized carbons (Fsp3) is 0.722. The Labute approximate surface area is 144 Å². The van der Waals surface area contributed by atoms with E-state index < -0.39 is 12.0 Å². The van der Waals surface area contributed by atoms with Crippen LogP contribution in [0.3, 0.4) is 0 Å². The van der Waals surface area contributed by atoms with Crippen molar-refractivity contribution in [2.24, 2.45) is 5.92 Å². The fourth-order valence-corrected chi connectivity index (χ4v) is 3.01. The third-order valence-corrected chi connectivity index (χ3v) is 4.40. The highest BCUT2D eigenvalue weighted by molar-refractivity contribution is 5.83. The van der Waals surface area contributed by atoms with Gasteiger partial charge >= 0.3 is 5.97 Å². The van der Waals surface area contributed by atoms with Gasteiger partial charge < -0.3 is 15.7 Å². The van der Waals surface area contributed by atoms with Gasteiger partial charge in [-0.15, -0.1) is 6.58 Å². The Morgan fingerprint density at radius 1 is 1.17 bits per heavy atom. The van der Waals surface area contributed by atoms with Crippen molar-refractivity contribution in [3.05, 3.63) is 12.7 Å². The van der Waals surface area contributed by atoms with Crippen molar-refractivity contribution in [1.82, 2.24) is 10.6 Å². The molecule has 0 aliphatic heterocycles. The van der Waals surface area contributed by atoms with Crippen molar-refractivity contribution in [2.45, 2.75) is 70.3 Å². The molecule has 0 bridgehead atoms. The number of carbonyl (C=O) groups excluding carboxylic acids is 2. The molecule has 0 aromatic rings. The molecule has 6 heteroatoms. The summed E-state index contributed by atoms with van der Waals surface area (Å²) >= 11 is 0. The standard InChI is InChI=1S/C18H30N2O4/c1-2-3-11-16(21)19-12-7-6-10-15(18(23)24)20-17(22)13-14-8-4-5-9-14/h2,14-15H,1,3-13H2,(H,19,21)(H,20,22)(H,23,24). The Kier molecular flexibility index (Phi) is 9.80. The molecule has 1 rings (SSSR count). The van der Waals surface area contributed by atoms with E-state index in [0.717, 1.165) is 12.8 Å². The molecule has 0 aromatic heterocycles. The van der Waals surface area contributed by atoms with Crippen molar-refractivity contribution in [1.29, 1.82) is 0 Å². The Hall–Kier alpha value is -1.85. The van der Waals surface area contributed by atoms with E-state index in [2.05, 4.69) is 17.2 Å². The van der Waals surface area contributed by atoms with Gasteiger partial charge in [-0.25, -0.2) is 4.79 Å². The number of carboxylic acids is 1. The zero-order valence-electron chi connectivity index (χ0n) is 14.4. The van der Waals surface area contributed by atoms with Crippen molar-refractivity contribution in [3.63, 3.8) is 0 Å². The summed E-state index contributed by atoms with van der Waals surface area (Å²) in [6, 6.07) is -0.838. The summed E-state index contributed by atoms with van der Waals surface area (Å²) in [5, 5.41) is 14.7. The second-order valence-corrected chi connectivity index (χ2v) is 6.49. The molecule has 136 valence electrons. The van der Waals surface area contributed by atoms with E-state index in [9.17, 15) is 19.5 Å². The maximum atomic E-state index is 12.0. The Morgan fingerprint density at radius 2 is 1.88 bits per heavy atom. The third kappa shape index (κ3) is 8.70. The molecule has 1 fully saturated rings. The molecular weight excluding hydrogens is 308 g/mol. The maximum Gasteiger partial charge on any atom is 0.326 e. The number of amides is 2. The van der Waals surface area contributed by atoms with Gasteiger partial charge in [-0.3, -0.25) is 9.59 Å². The predicted octanol–water partition coefficient (Wildman–Crippen LogP) is 2.39. The van der Waals surface area contributed by atoms with Gasteiger partial charge in [0.1, 0.15) is 6.04 Å². The number of hydrogen-bond donors (Lipinski definition) is 3. The highest BCUT2D eigenvalue weighted by atomic mass is 16.4. The highest BCUT2D eigenvalue weighted by Gasteiger charge is 2.23. The molecule has 0 radical (unpaired) electrons. The van der Waals surface area contributed by atoms with Crippen molar-refractivity contribution in [2.75, 3.05) is 6.54 Å². The summed E-state index contributed by atoms with van der Waals surface area (Å²) < 4.78 is 0. The first-order valence-corrected chi connectivity index (χ1v) is 8.92. The van der Waals surface area contributed by atoms with Crippen molar-refractivity contribution < 1.29 is 19.5 Å². The van der Waals surface area contributed by atoms with E-state index in [1.54, 1.807) is 6.08 Å². The minimum atomic E-state index is -0.996. The Balaban J connectivity index is 2.18. The Morgan fingerprint density at radius 3 is 2.50 bits per heavy atom. The number of hydrogen-bond acceptors (Lipinski definition) is 3. The van der Waals surface area contributed by atoms with Crippen LogP contribution in [0.25, 0.3) is 0 Å². The summed E-state index contributed by atoms with van der Waals surface area (Å²) in [5.74, 6) is -0.767. The van der Waals surface area contributed by atoms with E-state index in [1.807, 2.05) is 0 Å². The van der Waals surface area contributed by atoms with Crippen LogP contribution in [0.15, 0.2) is 12.7 Å². The van der Waals surface area contributed by atoms with Gasteiger partial charge in [0.2, 0.25) is 11.8 Å². The maximum absolute atomic E-state index is 12.0. The molecule has 1 aliphatic carbocycles. The van der Waals surface area contributed by atoms with E-state index in [4.69, 9.17) is 0 Å². The van der Waals surface area contributed by atoms with Crippen LogP contribution in [-0.2, 0) is 14.4 Å². The smallest absolute Gasteiger partial charge is 0.326 e. The van der Waals surface area contributed by atoms with Crippen molar-refractivity contribution in [3.8, 4) is 0 Å². The van der Waals surface area contributed by atoms with Gasteiger partial charge in [-0.05, 0) is 44.4 Å². The molecule has 0 saturated heterocycles. The lowest BCUT2D eigenvalue weighted by atomic mass is 10.0. The van der Waals surface area contributed by atoms with Crippen LogP contribution in [0, 0.1) is 5.92 Å². The molecule has 0 heterocycles. The number of nitrogens with one attached hydrogen (secondary N) is 2. The summed E-state index contributed by atoms with van der Waals surface area (Å²) in [4.78, 5) is 34.6. The fourth-order valence-electron chi connectivity index (χ4n) is 3.01. The first kappa shape index (κ1) is 20.2. The van der Waals surface area contributed by atoms with Crippen LogP contribution in [0.1, 0.15) is 64.2 Å². The molecular formula is C18H30N2O4. The summed E-state index contributed by atoms with van der Waals surface area (Å²) in [6.07, 6.45) is 9.40. The SMILES string of the molecule is C=CCCC(=O)NCCCCC(NC(=O)CC1CCCC1)C(=O)O. The topological polar surface area (TPSA) is 95.5 Å². The van der Waals surface area contributed by atoms with Gasteiger partial charge in [0, 0.05) is 19.4 Å². The third-order valence-electron chi connectivity index (χ3n) is 4.40. The van der Waals surface area contributed by atoms with E-state index >= 15 is 0 Å². The van der Waals surface area contributed by atoms with Crippen LogP contribution in [-0.4, -0.2) is 35.5 Å². The zero-order chi connectivity index (χ0) is 17.8. The van der Waals surface area contributed by atoms with Crippen molar-refractivity contribution >= 4 is 17.8 Å². The number of allylic oxidation sites excluding steroid dienone is 1. The quantitative estimate of drug-likeness (QED) is 0.376. The number of rotatable bonds is 12. The predicted molar refractivity (Wildman–Crippen MR) is 92.4 cm³/mol. The first-order chi connectivity index (χ1) is 11.5. The number of carbonyl (C=O) groups is 3. The average molecular weight is 338 g/mol. The monoisotopic (exact) mass is 338 g/mol. The van der Waals surface area contributed by atoms with Gasteiger partial charge in [-0.1, -0.05) is 18.9 Å². The highest BCUT2D eigenvalue weighted by Crippen LogP contribution is 2.27. The Bertz CT molecular complexity index is 431. The van der Waals surface area contributed by atoms with E-state index in [1.165, 1.54) is 12.8 Å². The summed E-state index contributed by atoms with van der Waals surface area (Å²) in [6.45, 7) is 4.09. The average Bonchev–Trinajstić information content (AvgIpc) is 3.04. The van der Waals surface area contributed by atoms with E-state index in [0.29, 0.717) is 51.0 Å². The minimum absolute atomic E-state index is 0.0189. The van der Waals surface area contributed by atoms with Crippen LogP contribution in [0.2, 0.25) is 0 Å². The van der Waals surface area contributed by atoms with Crippen LogP contribution in [0.4, 0.5) is 0 Å². The molecule has 2 amide bonds. The second kappa shape index (κ2) is 11.6. The molecule has 1 saturated carbocycles. The lowest BCUT2D eigenvalue weighted by Gasteiger charge is -2.16. The lowest BCUT2D eigenvalue weighted by Crippen LogP contribution is -2.41. The first-order valence-electron chi connectivity index (χ1n) is 8.92. The second-order valence-electron chi connectivity index (χ2n) is 6.49. The van der Waals surface area contributed by atoms with Gasteiger partial charge in [-0.2, -0.15) is 0 Å². The molecule has 0 spiro atoms. The minimum Gasteiger partial charge on any atom is -0.480 e. The van der Waals surface area contributed by atoms with Gasteiger partial charge in [0.25, 0.3) is 0 Å². The van der Waals surface area contributed by atoms with Gasteiger partial charge in [0.15, 0.2) is 0 Å². The lowest BCUT2D eigenvalue weighted by molar-refractivity contribution is -0.142. The number of carboxylic acid groups (broad SMARTS) is 1. The normalized spacial score (nSPS) is 15.7. The molecule has 3 N–H and O–H groups in total. The molecule has 1 atom stereocenters. The van der Waals surface area contributed by atoms with Crippen LogP contribution < -0.4 is 10.6 Å². The molecule has 6 nitrogen and oxygen atoms in total. The number of unbranched alkanes of at least 4 members (excludes halogenated alkanes) is 1. The summed E-state index contributed by atoms with van der Waals surface area (Å²) in [5.41, 5.74) is 0. The largest absolute Gasteiger partial charge is 0.480 e. The molecule has 24 heavy (non-hydrogen) atoms. The van der Waals surface area contributed by atoms with Crippen LogP contribution in [0.5, 0.6) is 0 Å². The van der Waals surface area contributed by atoms with Crippen LogP contribution >= 0.6 is 0 Å². The van der Waals surface area contributed by atoms with E-state index in [-0.39, 0.29) is 11.8 Å². The zero-order valence-corrected chi connectivity index (χ0v) is 14.4. The molecule has 1 aliphatic rings. The van der Waals surface area contributed by atoms with Gasteiger partial charge in [0.05, 0.1) is 0 Å². The molecule has 1 unspecified atom stereocenters. The summed E-state index contributed by atoms with van der Waals surface area (Å²) in [7, 11) is 0. The number of aliphatic carboxylic acids is 1. The molecule has 0 aromatic carbocycles.